The van der Waals surface area contributed by atoms with Gasteiger partial charge in [0, 0.05) is 41.5 Å². The minimum absolute atomic E-state index is 0.341. The van der Waals surface area contributed by atoms with Crippen molar-refractivity contribution in [3.63, 3.8) is 0 Å². The topological polar surface area (TPSA) is 74.3 Å². The third-order valence-corrected chi connectivity index (χ3v) is 9.88. The van der Waals surface area contributed by atoms with Gasteiger partial charge in [-0.25, -0.2) is 0 Å². The van der Waals surface area contributed by atoms with E-state index in [9.17, 15) is 9.13 Å². The van der Waals surface area contributed by atoms with E-state index in [1.54, 1.807) is 4.90 Å². The zero-order chi connectivity index (χ0) is 20.6. The SMILES string of the molecule is COP(=O)(OC)C(N(Cc1ccccc1)Cc1ccccc1)P(=O)(OC)OC. The number of rotatable bonds is 11. The molecular weight excluding hydrogens is 400 g/mol. The molecule has 28 heavy (non-hydrogen) atoms. The summed E-state index contributed by atoms with van der Waals surface area (Å²) in [6.07, 6.45) is 0. The van der Waals surface area contributed by atoms with Gasteiger partial charge in [0.2, 0.25) is 5.52 Å². The van der Waals surface area contributed by atoms with E-state index >= 15 is 0 Å². The molecule has 0 saturated heterocycles. The van der Waals surface area contributed by atoms with Crippen molar-refractivity contribution in [1.29, 1.82) is 0 Å². The van der Waals surface area contributed by atoms with Crippen LogP contribution in [0.5, 0.6) is 0 Å². The summed E-state index contributed by atoms with van der Waals surface area (Å²) in [6.45, 7) is 0.682. The highest BCUT2D eigenvalue weighted by Crippen LogP contribution is 2.70. The Kier molecular flexibility index (Phi) is 8.59. The molecule has 0 unspecified atom stereocenters. The van der Waals surface area contributed by atoms with E-state index in [4.69, 9.17) is 18.1 Å². The van der Waals surface area contributed by atoms with E-state index in [0.29, 0.717) is 13.1 Å². The minimum Gasteiger partial charge on any atom is -0.310 e. The summed E-state index contributed by atoms with van der Waals surface area (Å²) < 4.78 is 47.7. The van der Waals surface area contributed by atoms with Crippen LogP contribution in [-0.2, 0) is 40.3 Å². The maximum absolute atomic E-state index is 13.4. The van der Waals surface area contributed by atoms with Crippen LogP contribution in [-0.4, -0.2) is 38.9 Å². The molecule has 154 valence electrons. The maximum atomic E-state index is 13.4. The van der Waals surface area contributed by atoms with Gasteiger partial charge in [-0.1, -0.05) is 60.7 Å². The lowest BCUT2D eigenvalue weighted by molar-refractivity contribution is 0.175. The highest BCUT2D eigenvalue weighted by Gasteiger charge is 2.53. The Morgan fingerprint density at radius 2 is 1.00 bits per heavy atom. The lowest BCUT2D eigenvalue weighted by atomic mass is 10.2. The van der Waals surface area contributed by atoms with Gasteiger partial charge in [-0.3, -0.25) is 14.0 Å². The maximum Gasteiger partial charge on any atom is 0.359 e. The fourth-order valence-electron chi connectivity index (χ4n) is 2.95. The molecule has 0 saturated carbocycles. The second-order valence-electron chi connectivity index (χ2n) is 6.03. The number of nitrogens with zero attached hydrogens (tertiary/aromatic N) is 1. The molecule has 0 aromatic heterocycles. The van der Waals surface area contributed by atoms with Crippen molar-refractivity contribution in [2.24, 2.45) is 0 Å². The highest BCUT2D eigenvalue weighted by molar-refractivity contribution is 7.72. The molecule has 0 aliphatic rings. The molecule has 0 N–H and O–H groups in total. The number of benzene rings is 2. The van der Waals surface area contributed by atoms with Crippen molar-refractivity contribution in [2.45, 2.75) is 18.6 Å². The van der Waals surface area contributed by atoms with Crippen LogP contribution in [0.4, 0.5) is 0 Å². The normalized spacial score (nSPS) is 12.6. The number of hydrogen-bond acceptors (Lipinski definition) is 7. The van der Waals surface area contributed by atoms with Crippen molar-refractivity contribution >= 4 is 15.2 Å². The average Bonchev–Trinajstić information content (AvgIpc) is 2.74. The van der Waals surface area contributed by atoms with Gasteiger partial charge in [-0.05, 0) is 11.1 Å². The first-order valence-corrected chi connectivity index (χ1v) is 11.9. The molecule has 0 aliphatic carbocycles. The Bertz CT molecular complexity index is 734. The molecule has 2 rings (SSSR count). The molecule has 0 bridgehead atoms. The first-order chi connectivity index (χ1) is 13.4. The van der Waals surface area contributed by atoms with Gasteiger partial charge in [0.15, 0.2) is 0 Å². The van der Waals surface area contributed by atoms with E-state index in [1.165, 1.54) is 28.4 Å². The van der Waals surface area contributed by atoms with Crippen LogP contribution in [0.2, 0.25) is 0 Å². The van der Waals surface area contributed by atoms with E-state index in [-0.39, 0.29) is 0 Å². The van der Waals surface area contributed by atoms with Gasteiger partial charge in [-0.15, -0.1) is 0 Å². The molecule has 7 nitrogen and oxygen atoms in total. The molecule has 0 spiro atoms. The Morgan fingerprint density at radius 3 is 1.29 bits per heavy atom. The molecule has 2 aromatic carbocycles. The molecule has 0 fully saturated rings. The summed E-state index contributed by atoms with van der Waals surface area (Å²) in [5, 5.41) is 0. The molecule has 0 radical (unpaired) electrons. The monoisotopic (exact) mass is 427 g/mol. The molecule has 2 aromatic rings. The van der Waals surface area contributed by atoms with Crippen LogP contribution in [0.15, 0.2) is 60.7 Å². The highest BCUT2D eigenvalue weighted by atomic mass is 31.2. The standard InChI is InChI=1S/C19H27NO6P2/c1-23-27(21,24-2)19(28(22,25-3)26-4)20(15-17-11-7-5-8-12-17)16-18-13-9-6-10-14-18/h5-14,19H,15-16H2,1-4H3. The Balaban J connectivity index is 2.56. The van der Waals surface area contributed by atoms with Crippen molar-refractivity contribution in [3.8, 4) is 0 Å². The average molecular weight is 427 g/mol. The van der Waals surface area contributed by atoms with Gasteiger partial charge >= 0.3 is 15.2 Å². The van der Waals surface area contributed by atoms with Gasteiger partial charge < -0.3 is 18.1 Å². The fraction of sp³-hybridized carbons (Fsp3) is 0.368. The Morgan fingerprint density at radius 1 is 0.679 bits per heavy atom. The fourth-order valence-corrected chi connectivity index (χ4v) is 7.65. The molecule has 0 atom stereocenters. The van der Waals surface area contributed by atoms with E-state index in [1.807, 2.05) is 60.7 Å². The third kappa shape index (κ3) is 5.40. The molecule has 0 amide bonds. The molecule has 9 heteroatoms. The van der Waals surface area contributed by atoms with E-state index in [2.05, 4.69) is 0 Å². The molecular formula is C19H27NO6P2. The first kappa shape index (κ1) is 23.0. The minimum atomic E-state index is -3.86. The van der Waals surface area contributed by atoms with Crippen molar-refractivity contribution in [3.05, 3.63) is 71.8 Å². The summed E-state index contributed by atoms with van der Waals surface area (Å²) in [7, 11) is -2.69. The zero-order valence-electron chi connectivity index (χ0n) is 16.6. The van der Waals surface area contributed by atoms with Gasteiger partial charge in [0.1, 0.15) is 0 Å². The largest absolute Gasteiger partial charge is 0.359 e. The first-order valence-electron chi connectivity index (χ1n) is 8.66. The van der Waals surface area contributed by atoms with Crippen LogP contribution in [0, 0.1) is 0 Å². The van der Waals surface area contributed by atoms with Gasteiger partial charge in [0.25, 0.3) is 0 Å². The predicted molar refractivity (Wildman–Crippen MR) is 109 cm³/mol. The quantitative estimate of drug-likeness (QED) is 0.470. The molecule has 0 heterocycles. The lowest BCUT2D eigenvalue weighted by Gasteiger charge is -2.37. The smallest absolute Gasteiger partial charge is 0.310 e. The van der Waals surface area contributed by atoms with Gasteiger partial charge in [0.05, 0.1) is 0 Å². The van der Waals surface area contributed by atoms with E-state index < -0.39 is 20.7 Å². The van der Waals surface area contributed by atoms with Crippen molar-refractivity contribution in [2.75, 3.05) is 28.4 Å². The summed E-state index contributed by atoms with van der Waals surface area (Å²) in [5.74, 6) is 0. The Labute approximate surface area is 166 Å². The van der Waals surface area contributed by atoms with Crippen LogP contribution in [0.25, 0.3) is 0 Å². The van der Waals surface area contributed by atoms with Crippen molar-refractivity contribution in [1.82, 2.24) is 4.90 Å². The number of hydrogen-bond donors (Lipinski definition) is 0. The second-order valence-corrected chi connectivity index (χ2v) is 11.0. The summed E-state index contributed by atoms with van der Waals surface area (Å²) >= 11 is 0. The summed E-state index contributed by atoms with van der Waals surface area (Å²) in [6, 6.07) is 19.2. The predicted octanol–water partition coefficient (Wildman–Crippen LogP) is 4.94. The van der Waals surface area contributed by atoms with E-state index in [0.717, 1.165) is 11.1 Å². The lowest BCUT2D eigenvalue weighted by Crippen LogP contribution is -2.36. The summed E-state index contributed by atoms with van der Waals surface area (Å²) in [5.41, 5.74) is 0.646. The van der Waals surface area contributed by atoms with Crippen molar-refractivity contribution < 1.29 is 27.2 Å². The molecule has 0 aliphatic heterocycles. The van der Waals surface area contributed by atoms with Crippen LogP contribution in [0.1, 0.15) is 11.1 Å². The second kappa shape index (κ2) is 10.5. The Hall–Kier alpha value is -1.30. The van der Waals surface area contributed by atoms with Crippen LogP contribution in [0.3, 0.4) is 0 Å². The zero-order valence-corrected chi connectivity index (χ0v) is 18.3. The van der Waals surface area contributed by atoms with Gasteiger partial charge in [-0.2, -0.15) is 0 Å². The van der Waals surface area contributed by atoms with Crippen LogP contribution >= 0.6 is 15.2 Å². The van der Waals surface area contributed by atoms with Crippen LogP contribution < -0.4 is 0 Å². The third-order valence-electron chi connectivity index (χ3n) is 4.37. The summed E-state index contributed by atoms with van der Waals surface area (Å²) in [4.78, 5) is 1.76.